The van der Waals surface area contributed by atoms with Crippen LogP contribution in [0.2, 0.25) is 0 Å². The summed E-state index contributed by atoms with van der Waals surface area (Å²) in [6, 6.07) is 18.5. The molecule has 166 valence electrons. The van der Waals surface area contributed by atoms with Gasteiger partial charge >= 0.3 is 0 Å². The lowest BCUT2D eigenvalue weighted by molar-refractivity contribution is -0.617. The molecule has 3 heterocycles. The van der Waals surface area contributed by atoms with Gasteiger partial charge in [0.15, 0.2) is 11.0 Å². The number of fused-ring (bicyclic) bond motifs is 8. The lowest BCUT2D eigenvalue weighted by Crippen LogP contribution is -2.27. The average Bonchev–Trinajstić information content (AvgIpc) is 3.61. The van der Waals surface area contributed by atoms with Crippen LogP contribution in [0.4, 0.5) is 0 Å². The van der Waals surface area contributed by atoms with Crippen molar-refractivity contribution in [1.82, 2.24) is 9.38 Å². The zero-order valence-electron chi connectivity index (χ0n) is 19.8. The Labute approximate surface area is 195 Å². The van der Waals surface area contributed by atoms with E-state index in [4.69, 9.17) is 4.98 Å². The van der Waals surface area contributed by atoms with Gasteiger partial charge in [-0.1, -0.05) is 43.9 Å². The summed E-state index contributed by atoms with van der Waals surface area (Å²) in [6.45, 7) is 2.30. The van der Waals surface area contributed by atoms with E-state index in [0.29, 0.717) is 11.8 Å². The number of hydrogen-bond donors (Lipinski definition) is 0. The average molecular weight is 435 g/mol. The van der Waals surface area contributed by atoms with Gasteiger partial charge in [-0.15, -0.1) is 0 Å². The Morgan fingerprint density at radius 2 is 1.58 bits per heavy atom. The highest BCUT2D eigenvalue weighted by molar-refractivity contribution is 6.12. The van der Waals surface area contributed by atoms with E-state index in [0.717, 1.165) is 0 Å². The zero-order chi connectivity index (χ0) is 22.1. The van der Waals surface area contributed by atoms with Crippen molar-refractivity contribution in [3.05, 3.63) is 65.4 Å². The summed E-state index contributed by atoms with van der Waals surface area (Å²) in [7, 11) is 2.21. The van der Waals surface area contributed by atoms with E-state index in [1.165, 1.54) is 107 Å². The van der Waals surface area contributed by atoms with Crippen LogP contribution in [-0.2, 0) is 7.05 Å². The summed E-state index contributed by atoms with van der Waals surface area (Å²) >= 11 is 0. The van der Waals surface area contributed by atoms with Crippen LogP contribution in [0.3, 0.4) is 0 Å². The predicted molar refractivity (Wildman–Crippen MR) is 136 cm³/mol. The molecule has 0 N–H and O–H groups in total. The lowest BCUT2D eigenvalue weighted by atomic mass is 9.94. The minimum Gasteiger partial charge on any atom is -0.251 e. The lowest BCUT2D eigenvalue weighted by Gasteiger charge is -2.15. The zero-order valence-corrected chi connectivity index (χ0v) is 19.8. The van der Waals surface area contributed by atoms with Crippen molar-refractivity contribution in [2.75, 3.05) is 0 Å². The molecule has 2 aromatic carbocycles. The number of aryl methyl sites for hydroxylation is 2. The maximum atomic E-state index is 5.45. The van der Waals surface area contributed by atoms with E-state index in [1.807, 2.05) is 0 Å². The first-order chi connectivity index (χ1) is 16.2. The first-order valence-electron chi connectivity index (χ1n) is 12.9. The summed E-state index contributed by atoms with van der Waals surface area (Å²) in [6.07, 6.45) is 10.6. The van der Waals surface area contributed by atoms with Gasteiger partial charge < -0.3 is 0 Å². The number of aromatic nitrogens is 3. The second-order valence-corrected chi connectivity index (χ2v) is 10.5. The normalized spacial score (nSPS) is 18.0. The minimum atomic E-state index is 0.622. The standard InChI is InChI=1S/C30H32N3/c1-19-17-24(21-11-5-6-12-21)31-29-23-18-22(20-9-3-4-10-20)15-16-25(23)33-27-14-8-7-13-26(27)32(2)30(33)28(19)29/h7-8,13-18,20-21H,3-6,9-12H2,1-2H3/q+1. The molecule has 33 heavy (non-hydrogen) atoms. The Morgan fingerprint density at radius 1 is 0.848 bits per heavy atom. The molecule has 3 aromatic heterocycles. The van der Waals surface area contributed by atoms with Crippen molar-refractivity contribution >= 4 is 38.5 Å². The molecule has 7 rings (SSSR count). The number of benzene rings is 2. The van der Waals surface area contributed by atoms with Crippen molar-refractivity contribution in [1.29, 1.82) is 0 Å². The molecule has 0 saturated heterocycles. The first kappa shape index (κ1) is 19.5. The van der Waals surface area contributed by atoms with Crippen molar-refractivity contribution < 1.29 is 4.57 Å². The van der Waals surface area contributed by atoms with Crippen LogP contribution in [0.15, 0.2) is 48.5 Å². The van der Waals surface area contributed by atoms with Crippen LogP contribution in [0, 0.1) is 6.92 Å². The van der Waals surface area contributed by atoms with E-state index < -0.39 is 0 Å². The maximum Gasteiger partial charge on any atom is 0.297 e. The van der Waals surface area contributed by atoms with Gasteiger partial charge in [0.2, 0.25) is 0 Å². The molecule has 0 bridgehead atoms. The summed E-state index contributed by atoms with van der Waals surface area (Å²) in [4.78, 5) is 5.45. The SMILES string of the molecule is Cc1cc(C2CCCC2)nc2c3cc(C4CCCC4)ccc3n3c4ccccc4[n+](C)c3c12. The van der Waals surface area contributed by atoms with Crippen LogP contribution in [-0.4, -0.2) is 9.38 Å². The first-order valence-corrected chi connectivity index (χ1v) is 12.9. The Balaban J connectivity index is 1.66. The van der Waals surface area contributed by atoms with Crippen molar-refractivity contribution in [2.45, 2.75) is 70.1 Å². The Hall–Kier alpha value is -2.94. The molecule has 5 aromatic rings. The summed E-state index contributed by atoms with van der Waals surface area (Å²) in [5.41, 5.74) is 10.5. The third-order valence-corrected chi connectivity index (χ3v) is 8.59. The molecule has 2 aliphatic carbocycles. The van der Waals surface area contributed by atoms with Crippen molar-refractivity contribution in [3.63, 3.8) is 0 Å². The second kappa shape index (κ2) is 7.28. The summed E-state index contributed by atoms with van der Waals surface area (Å²) < 4.78 is 4.85. The fraction of sp³-hybridized carbons (Fsp3) is 0.400. The molecule has 0 atom stereocenters. The molecule has 2 saturated carbocycles. The predicted octanol–water partition coefficient (Wildman–Crippen LogP) is 7.24. The van der Waals surface area contributed by atoms with Gasteiger partial charge in [0, 0.05) is 17.0 Å². The van der Waals surface area contributed by atoms with Gasteiger partial charge in [-0.3, -0.25) is 4.98 Å². The Bertz CT molecular complexity index is 1550. The Morgan fingerprint density at radius 3 is 2.36 bits per heavy atom. The van der Waals surface area contributed by atoms with Crippen LogP contribution in [0.25, 0.3) is 38.5 Å². The molecule has 3 heteroatoms. The van der Waals surface area contributed by atoms with Gasteiger partial charge in [0.05, 0.1) is 18.0 Å². The van der Waals surface area contributed by atoms with Gasteiger partial charge in [0.25, 0.3) is 5.65 Å². The summed E-state index contributed by atoms with van der Waals surface area (Å²) in [5.74, 6) is 1.33. The number of para-hydroxylation sites is 2. The molecule has 0 unspecified atom stereocenters. The van der Waals surface area contributed by atoms with Crippen LogP contribution in [0.1, 0.15) is 80.0 Å². The van der Waals surface area contributed by atoms with Gasteiger partial charge in [-0.05, 0) is 80.0 Å². The number of imidazole rings is 1. The molecule has 0 radical (unpaired) electrons. The van der Waals surface area contributed by atoms with E-state index in [1.54, 1.807) is 0 Å². The summed E-state index contributed by atoms with van der Waals surface area (Å²) in [5, 5.41) is 2.64. The fourth-order valence-electron chi connectivity index (χ4n) is 6.90. The third-order valence-electron chi connectivity index (χ3n) is 8.59. The molecular formula is C30H32N3+. The maximum absolute atomic E-state index is 5.45. The number of pyridine rings is 2. The fourth-order valence-corrected chi connectivity index (χ4v) is 6.90. The molecule has 3 nitrogen and oxygen atoms in total. The number of rotatable bonds is 2. The van der Waals surface area contributed by atoms with E-state index in [2.05, 4.69) is 71.5 Å². The topological polar surface area (TPSA) is 21.2 Å². The van der Waals surface area contributed by atoms with Crippen LogP contribution < -0.4 is 4.57 Å². The monoisotopic (exact) mass is 434 g/mol. The second-order valence-electron chi connectivity index (χ2n) is 10.5. The highest BCUT2D eigenvalue weighted by Gasteiger charge is 2.28. The van der Waals surface area contributed by atoms with E-state index in [-0.39, 0.29) is 0 Å². The molecule has 2 fully saturated rings. The van der Waals surface area contributed by atoms with E-state index in [9.17, 15) is 0 Å². The highest BCUT2D eigenvalue weighted by Crippen LogP contribution is 2.40. The van der Waals surface area contributed by atoms with Crippen LogP contribution in [0.5, 0.6) is 0 Å². The van der Waals surface area contributed by atoms with Gasteiger partial charge in [0.1, 0.15) is 5.52 Å². The molecule has 2 aliphatic rings. The van der Waals surface area contributed by atoms with Gasteiger partial charge in [-0.2, -0.15) is 4.40 Å². The molecule has 0 aliphatic heterocycles. The van der Waals surface area contributed by atoms with Gasteiger partial charge in [-0.25, -0.2) is 4.57 Å². The number of hydrogen-bond acceptors (Lipinski definition) is 1. The minimum absolute atomic E-state index is 0.622. The number of nitrogens with zero attached hydrogens (tertiary/aromatic N) is 3. The van der Waals surface area contributed by atoms with Crippen molar-refractivity contribution in [3.8, 4) is 0 Å². The smallest absolute Gasteiger partial charge is 0.251 e. The third kappa shape index (κ3) is 2.81. The highest BCUT2D eigenvalue weighted by atomic mass is 15.1. The molecule has 0 amide bonds. The van der Waals surface area contributed by atoms with E-state index >= 15 is 0 Å². The quantitative estimate of drug-likeness (QED) is 0.212. The molecule has 0 spiro atoms. The van der Waals surface area contributed by atoms with Crippen LogP contribution >= 0.6 is 0 Å². The molecular weight excluding hydrogens is 402 g/mol. The Kier molecular flexibility index (Phi) is 4.31. The van der Waals surface area contributed by atoms with Crippen molar-refractivity contribution in [2.24, 2.45) is 7.05 Å². The largest absolute Gasteiger partial charge is 0.297 e.